The predicted molar refractivity (Wildman–Crippen MR) is 96.6 cm³/mol. The van der Waals surface area contributed by atoms with Crippen molar-refractivity contribution in [2.45, 2.75) is 25.7 Å². The Labute approximate surface area is 156 Å². The molecule has 0 bridgehead atoms. The molecule has 3 aromatic rings. The maximum Gasteiger partial charge on any atom is 0.257 e. The molecule has 140 valence electrons. The summed E-state index contributed by atoms with van der Waals surface area (Å²) in [7, 11) is 0. The Hall–Kier alpha value is -3.09. The van der Waals surface area contributed by atoms with Crippen molar-refractivity contribution in [2.24, 2.45) is 0 Å². The van der Waals surface area contributed by atoms with Gasteiger partial charge in [0.05, 0.1) is 24.4 Å². The summed E-state index contributed by atoms with van der Waals surface area (Å²) in [6.07, 6.45) is 4.35. The molecule has 1 unspecified atom stereocenters. The molecule has 1 aliphatic rings. The first kappa shape index (κ1) is 17.3. The molecule has 1 fully saturated rings. The first-order valence-electron chi connectivity index (χ1n) is 9.02. The molecule has 1 amide bonds. The molecular weight excluding hydrogens is 346 g/mol. The number of hydrogen-bond donors (Lipinski definition) is 0. The predicted octanol–water partition coefficient (Wildman–Crippen LogP) is 3.22. The molecule has 0 saturated carbocycles. The molecule has 0 radical (unpaired) electrons. The van der Waals surface area contributed by atoms with Crippen molar-refractivity contribution < 1.29 is 18.5 Å². The van der Waals surface area contributed by atoms with E-state index in [0.29, 0.717) is 43.4 Å². The van der Waals surface area contributed by atoms with Crippen LogP contribution in [0.2, 0.25) is 0 Å². The zero-order valence-corrected chi connectivity index (χ0v) is 15.1. The van der Waals surface area contributed by atoms with Crippen LogP contribution in [0.15, 0.2) is 51.8 Å². The largest absolute Gasteiger partial charge is 0.493 e. The summed E-state index contributed by atoms with van der Waals surface area (Å²) in [4.78, 5) is 18.6. The van der Waals surface area contributed by atoms with Crippen molar-refractivity contribution in [2.75, 3.05) is 19.7 Å². The van der Waals surface area contributed by atoms with Crippen LogP contribution in [0.3, 0.4) is 0 Å². The average Bonchev–Trinajstić information content (AvgIpc) is 3.42. The van der Waals surface area contributed by atoms with Crippen LogP contribution in [-0.4, -0.2) is 40.6 Å². The van der Waals surface area contributed by atoms with Gasteiger partial charge in [-0.05, 0) is 37.1 Å². The van der Waals surface area contributed by atoms with Crippen LogP contribution in [-0.2, 0) is 6.42 Å². The van der Waals surface area contributed by atoms with Gasteiger partial charge in [-0.3, -0.25) is 4.79 Å². The number of furan rings is 1. The third-order valence-corrected chi connectivity index (χ3v) is 4.66. The summed E-state index contributed by atoms with van der Waals surface area (Å²) in [6, 6.07) is 9.59. The van der Waals surface area contributed by atoms with E-state index in [1.54, 1.807) is 11.0 Å². The molecule has 7 nitrogen and oxygen atoms in total. The van der Waals surface area contributed by atoms with E-state index in [9.17, 15) is 4.79 Å². The number of rotatable bonds is 6. The van der Waals surface area contributed by atoms with Gasteiger partial charge in [0.1, 0.15) is 12.0 Å². The second-order valence-electron chi connectivity index (χ2n) is 6.71. The van der Waals surface area contributed by atoms with Crippen LogP contribution >= 0.6 is 0 Å². The van der Waals surface area contributed by atoms with Gasteiger partial charge in [0.2, 0.25) is 5.89 Å². The normalized spacial score (nSPS) is 16.6. The minimum Gasteiger partial charge on any atom is -0.493 e. The number of nitrogens with zero attached hydrogens (tertiary/aromatic N) is 3. The number of hydrogen-bond acceptors (Lipinski definition) is 6. The van der Waals surface area contributed by atoms with Crippen molar-refractivity contribution in [1.29, 1.82) is 0 Å². The Bertz CT molecular complexity index is 904. The van der Waals surface area contributed by atoms with Crippen LogP contribution in [0.5, 0.6) is 5.75 Å². The average molecular weight is 367 g/mol. The highest BCUT2D eigenvalue weighted by atomic mass is 16.5. The molecule has 1 atom stereocenters. The van der Waals surface area contributed by atoms with Crippen molar-refractivity contribution in [3.8, 4) is 5.75 Å². The standard InChI is InChI=1S/C20H21N3O4/c1-14-3-2-4-17(11-14)26-10-7-18-21-19(27-22-18)15-5-8-23(12-15)20(24)16-6-9-25-13-16/h2-4,6,9,11,13,15H,5,7-8,10,12H2,1H3. The van der Waals surface area contributed by atoms with Crippen molar-refractivity contribution in [3.63, 3.8) is 0 Å². The number of aromatic nitrogens is 2. The van der Waals surface area contributed by atoms with E-state index in [4.69, 9.17) is 13.7 Å². The highest BCUT2D eigenvalue weighted by Crippen LogP contribution is 2.27. The number of benzene rings is 1. The number of carbonyl (C=O) groups excluding carboxylic acids is 1. The van der Waals surface area contributed by atoms with E-state index < -0.39 is 0 Å². The van der Waals surface area contributed by atoms with E-state index in [2.05, 4.69) is 10.1 Å². The Morgan fingerprint density at radius 2 is 2.30 bits per heavy atom. The quantitative estimate of drug-likeness (QED) is 0.665. The van der Waals surface area contributed by atoms with Gasteiger partial charge in [-0.2, -0.15) is 4.98 Å². The summed E-state index contributed by atoms with van der Waals surface area (Å²) < 4.78 is 16.1. The molecule has 1 aromatic carbocycles. The van der Waals surface area contributed by atoms with Crippen LogP contribution in [0, 0.1) is 6.92 Å². The number of carbonyl (C=O) groups is 1. The van der Waals surface area contributed by atoms with Gasteiger partial charge in [-0.1, -0.05) is 17.3 Å². The van der Waals surface area contributed by atoms with Gasteiger partial charge in [0.25, 0.3) is 5.91 Å². The van der Waals surface area contributed by atoms with Crippen LogP contribution < -0.4 is 4.74 Å². The minimum atomic E-state index is -0.0301. The molecule has 1 aliphatic heterocycles. The van der Waals surface area contributed by atoms with Gasteiger partial charge >= 0.3 is 0 Å². The number of likely N-dealkylation sites (tertiary alicyclic amines) is 1. The van der Waals surface area contributed by atoms with Crippen LogP contribution in [0.4, 0.5) is 0 Å². The number of ether oxygens (including phenoxy) is 1. The number of aryl methyl sites for hydroxylation is 1. The second-order valence-corrected chi connectivity index (χ2v) is 6.71. The lowest BCUT2D eigenvalue weighted by molar-refractivity contribution is 0.0789. The van der Waals surface area contributed by atoms with Crippen LogP contribution in [0.1, 0.15) is 40.0 Å². The molecule has 1 saturated heterocycles. The molecule has 0 aliphatic carbocycles. The Balaban J connectivity index is 1.30. The van der Waals surface area contributed by atoms with Gasteiger partial charge in [-0.25, -0.2) is 0 Å². The first-order valence-corrected chi connectivity index (χ1v) is 9.02. The molecule has 3 heterocycles. The highest BCUT2D eigenvalue weighted by molar-refractivity contribution is 5.94. The zero-order valence-electron chi connectivity index (χ0n) is 15.1. The van der Waals surface area contributed by atoms with E-state index in [-0.39, 0.29) is 11.8 Å². The molecule has 0 spiro atoms. The summed E-state index contributed by atoms with van der Waals surface area (Å²) in [6.45, 7) is 3.76. The molecule has 2 aromatic heterocycles. The van der Waals surface area contributed by atoms with Gasteiger partial charge in [0, 0.05) is 19.5 Å². The lowest BCUT2D eigenvalue weighted by atomic mass is 10.1. The summed E-state index contributed by atoms with van der Waals surface area (Å²) in [5.41, 5.74) is 1.72. The van der Waals surface area contributed by atoms with Gasteiger partial charge < -0.3 is 18.6 Å². The zero-order chi connectivity index (χ0) is 18.6. The molecule has 27 heavy (non-hydrogen) atoms. The molecule has 4 rings (SSSR count). The Kier molecular flexibility index (Phi) is 4.91. The van der Waals surface area contributed by atoms with E-state index in [1.807, 2.05) is 31.2 Å². The smallest absolute Gasteiger partial charge is 0.257 e. The number of amides is 1. The Morgan fingerprint density at radius 1 is 1.37 bits per heavy atom. The van der Waals surface area contributed by atoms with Crippen molar-refractivity contribution in [3.05, 3.63) is 65.7 Å². The SMILES string of the molecule is Cc1cccc(OCCc2noc(C3CCN(C(=O)c4ccoc4)C3)n2)c1. The third-order valence-electron chi connectivity index (χ3n) is 4.66. The fourth-order valence-electron chi connectivity index (χ4n) is 3.22. The lowest BCUT2D eigenvalue weighted by Gasteiger charge is -2.14. The second kappa shape index (κ2) is 7.65. The fourth-order valence-corrected chi connectivity index (χ4v) is 3.22. The highest BCUT2D eigenvalue weighted by Gasteiger charge is 2.31. The molecule has 0 N–H and O–H groups in total. The van der Waals surface area contributed by atoms with Gasteiger partial charge in [0.15, 0.2) is 5.82 Å². The monoisotopic (exact) mass is 367 g/mol. The summed E-state index contributed by atoms with van der Waals surface area (Å²) >= 11 is 0. The summed E-state index contributed by atoms with van der Waals surface area (Å²) in [5.74, 6) is 2.08. The van der Waals surface area contributed by atoms with Gasteiger partial charge in [-0.15, -0.1) is 0 Å². The third kappa shape index (κ3) is 4.02. The van der Waals surface area contributed by atoms with E-state index in [0.717, 1.165) is 17.7 Å². The lowest BCUT2D eigenvalue weighted by Crippen LogP contribution is -2.28. The van der Waals surface area contributed by atoms with E-state index >= 15 is 0 Å². The van der Waals surface area contributed by atoms with Crippen LogP contribution in [0.25, 0.3) is 0 Å². The van der Waals surface area contributed by atoms with Crippen molar-refractivity contribution >= 4 is 5.91 Å². The first-order chi connectivity index (χ1) is 13.2. The van der Waals surface area contributed by atoms with Crippen molar-refractivity contribution in [1.82, 2.24) is 15.0 Å². The fraction of sp³-hybridized carbons (Fsp3) is 0.350. The molecular formula is C20H21N3O4. The maximum absolute atomic E-state index is 12.4. The minimum absolute atomic E-state index is 0.0301. The van der Waals surface area contributed by atoms with E-state index in [1.165, 1.54) is 12.5 Å². The topological polar surface area (TPSA) is 81.6 Å². The molecule has 7 heteroatoms. The summed E-state index contributed by atoms with van der Waals surface area (Å²) in [5, 5.41) is 4.04. The Morgan fingerprint density at radius 3 is 3.11 bits per heavy atom. The maximum atomic E-state index is 12.4.